The van der Waals surface area contributed by atoms with Crippen molar-refractivity contribution in [1.82, 2.24) is 4.98 Å². The fourth-order valence-electron chi connectivity index (χ4n) is 2.07. The van der Waals surface area contributed by atoms with Gasteiger partial charge in [-0.3, -0.25) is 14.3 Å². The van der Waals surface area contributed by atoms with Gasteiger partial charge in [0.2, 0.25) is 0 Å². The summed E-state index contributed by atoms with van der Waals surface area (Å²) >= 11 is 3.02. The molecule has 0 saturated carbocycles. The van der Waals surface area contributed by atoms with E-state index in [2.05, 4.69) is 10.3 Å². The maximum Gasteiger partial charge on any atom is 0.257 e. The van der Waals surface area contributed by atoms with Crippen LogP contribution in [0.25, 0.3) is 10.6 Å². The van der Waals surface area contributed by atoms with E-state index in [9.17, 15) is 9.00 Å². The standard InChI is InChI=1S/C16H14N2O2S3/c1-23(20)10-11-4-2-5-12(8-11)15(19)18-16-17-13(9-22-16)14-6-3-7-21-14/h2-9H,10H2,1H3,(H,17,18,19). The van der Waals surface area contributed by atoms with Crippen LogP contribution in [0.2, 0.25) is 0 Å². The topological polar surface area (TPSA) is 59.1 Å². The van der Waals surface area contributed by atoms with Crippen molar-refractivity contribution in [2.45, 2.75) is 5.75 Å². The number of nitrogens with one attached hydrogen (secondary N) is 1. The van der Waals surface area contributed by atoms with Crippen LogP contribution in [0.5, 0.6) is 0 Å². The molecule has 2 aromatic heterocycles. The zero-order valence-corrected chi connectivity index (χ0v) is 14.8. The average Bonchev–Trinajstić information content (AvgIpc) is 3.17. The van der Waals surface area contributed by atoms with Gasteiger partial charge in [-0.15, -0.1) is 22.7 Å². The monoisotopic (exact) mass is 362 g/mol. The molecule has 3 aromatic rings. The van der Waals surface area contributed by atoms with E-state index in [-0.39, 0.29) is 5.91 Å². The molecule has 1 atom stereocenters. The zero-order chi connectivity index (χ0) is 16.2. The molecule has 118 valence electrons. The Morgan fingerprint density at radius 3 is 2.87 bits per heavy atom. The molecule has 0 fully saturated rings. The van der Waals surface area contributed by atoms with Gasteiger partial charge >= 0.3 is 0 Å². The van der Waals surface area contributed by atoms with Crippen molar-refractivity contribution in [2.24, 2.45) is 0 Å². The molecule has 2 heterocycles. The van der Waals surface area contributed by atoms with Gasteiger partial charge in [-0.2, -0.15) is 0 Å². The van der Waals surface area contributed by atoms with E-state index in [1.165, 1.54) is 11.3 Å². The summed E-state index contributed by atoms with van der Waals surface area (Å²) in [7, 11) is -0.931. The lowest BCUT2D eigenvalue weighted by atomic mass is 10.1. The van der Waals surface area contributed by atoms with Crippen molar-refractivity contribution in [3.05, 3.63) is 58.3 Å². The Balaban J connectivity index is 1.73. The van der Waals surface area contributed by atoms with Gasteiger partial charge in [0, 0.05) is 33.8 Å². The van der Waals surface area contributed by atoms with Crippen LogP contribution in [0.15, 0.2) is 47.2 Å². The van der Waals surface area contributed by atoms with E-state index < -0.39 is 10.8 Å². The number of benzene rings is 1. The fraction of sp³-hybridized carbons (Fsp3) is 0.125. The first-order valence-electron chi connectivity index (χ1n) is 6.81. The maximum atomic E-state index is 12.3. The molecule has 1 unspecified atom stereocenters. The molecule has 4 nitrogen and oxygen atoms in total. The number of hydrogen-bond acceptors (Lipinski definition) is 5. The number of carbonyl (C=O) groups is 1. The zero-order valence-electron chi connectivity index (χ0n) is 12.3. The number of amides is 1. The van der Waals surface area contributed by atoms with Gasteiger partial charge in [-0.05, 0) is 29.1 Å². The summed E-state index contributed by atoms with van der Waals surface area (Å²) in [6.07, 6.45) is 1.65. The summed E-state index contributed by atoms with van der Waals surface area (Å²) in [6, 6.07) is 11.2. The lowest BCUT2D eigenvalue weighted by Gasteiger charge is -2.04. The van der Waals surface area contributed by atoms with Crippen LogP contribution in [0, 0.1) is 0 Å². The minimum atomic E-state index is -0.931. The molecule has 1 amide bonds. The maximum absolute atomic E-state index is 12.3. The van der Waals surface area contributed by atoms with Gasteiger partial charge < -0.3 is 0 Å². The van der Waals surface area contributed by atoms with E-state index in [0.717, 1.165) is 16.1 Å². The van der Waals surface area contributed by atoms with Crippen molar-refractivity contribution >= 4 is 44.5 Å². The Morgan fingerprint density at radius 1 is 1.26 bits per heavy atom. The lowest BCUT2D eigenvalue weighted by molar-refractivity contribution is 0.102. The quantitative estimate of drug-likeness (QED) is 0.746. The Bertz CT molecular complexity index is 841. The molecule has 0 aliphatic rings. The molecule has 0 aliphatic heterocycles. The van der Waals surface area contributed by atoms with Crippen LogP contribution in [-0.2, 0) is 16.6 Å². The first-order chi connectivity index (χ1) is 11.1. The number of carbonyl (C=O) groups excluding carboxylic acids is 1. The molecule has 0 spiro atoms. The molecule has 0 radical (unpaired) electrons. The number of thiophene rings is 1. The number of anilines is 1. The highest BCUT2D eigenvalue weighted by Gasteiger charge is 2.11. The van der Waals surface area contributed by atoms with E-state index in [1.807, 2.05) is 29.0 Å². The number of thiazole rings is 1. The highest BCUT2D eigenvalue weighted by atomic mass is 32.2. The third-order valence-electron chi connectivity index (χ3n) is 3.06. The first kappa shape index (κ1) is 16.0. The van der Waals surface area contributed by atoms with Crippen LogP contribution in [0.4, 0.5) is 5.13 Å². The second-order valence-electron chi connectivity index (χ2n) is 4.89. The van der Waals surface area contributed by atoms with Crippen molar-refractivity contribution in [3.8, 4) is 10.6 Å². The van der Waals surface area contributed by atoms with Crippen molar-refractivity contribution < 1.29 is 9.00 Å². The van der Waals surface area contributed by atoms with Crippen LogP contribution in [-0.4, -0.2) is 21.4 Å². The highest BCUT2D eigenvalue weighted by Crippen LogP contribution is 2.28. The lowest BCUT2D eigenvalue weighted by Crippen LogP contribution is -2.12. The van der Waals surface area contributed by atoms with Crippen LogP contribution < -0.4 is 5.32 Å². The molecular formula is C16H14N2O2S3. The molecule has 23 heavy (non-hydrogen) atoms. The molecule has 1 N–H and O–H groups in total. The smallest absolute Gasteiger partial charge is 0.257 e. The van der Waals surface area contributed by atoms with Gasteiger partial charge in [0.25, 0.3) is 5.91 Å². The first-order valence-corrected chi connectivity index (χ1v) is 10.3. The van der Waals surface area contributed by atoms with Crippen LogP contribution in [0.3, 0.4) is 0 Å². The van der Waals surface area contributed by atoms with Gasteiger partial charge in [-0.1, -0.05) is 18.2 Å². The summed E-state index contributed by atoms with van der Waals surface area (Å²) in [6.45, 7) is 0. The molecule has 0 saturated heterocycles. The summed E-state index contributed by atoms with van der Waals surface area (Å²) in [4.78, 5) is 17.8. The Morgan fingerprint density at radius 2 is 2.13 bits per heavy atom. The number of aromatic nitrogens is 1. The molecule has 0 bridgehead atoms. The predicted molar refractivity (Wildman–Crippen MR) is 97.6 cm³/mol. The predicted octanol–water partition coefficient (Wildman–Crippen LogP) is 4.00. The average molecular weight is 363 g/mol. The summed E-state index contributed by atoms with van der Waals surface area (Å²) in [5.74, 6) is 0.238. The van der Waals surface area contributed by atoms with Crippen molar-refractivity contribution in [3.63, 3.8) is 0 Å². The summed E-state index contributed by atoms with van der Waals surface area (Å²) in [5, 5.41) is 7.32. The van der Waals surface area contributed by atoms with Crippen molar-refractivity contribution in [2.75, 3.05) is 11.6 Å². The van der Waals surface area contributed by atoms with Gasteiger partial charge in [0.1, 0.15) is 0 Å². The van der Waals surface area contributed by atoms with Crippen LogP contribution >= 0.6 is 22.7 Å². The minimum absolute atomic E-state index is 0.208. The molecule has 3 rings (SSSR count). The Kier molecular flexibility index (Phi) is 5.00. The number of nitrogens with zero attached hydrogens (tertiary/aromatic N) is 1. The SMILES string of the molecule is CS(=O)Cc1cccc(C(=O)Nc2nc(-c3cccs3)cs2)c1. The molecule has 7 heteroatoms. The van der Waals surface area contributed by atoms with Gasteiger partial charge in [0.05, 0.1) is 10.6 Å². The van der Waals surface area contributed by atoms with E-state index in [1.54, 1.807) is 35.8 Å². The third kappa shape index (κ3) is 4.13. The Hall–Kier alpha value is -1.83. The Labute approximate surface area is 144 Å². The normalized spacial score (nSPS) is 12.0. The van der Waals surface area contributed by atoms with Crippen molar-refractivity contribution in [1.29, 1.82) is 0 Å². The van der Waals surface area contributed by atoms with Gasteiger partial charge in [0.15, 0.2) is 5.13 Å². The number of rotatable bonds is 5. The molecular weight excluding hydrogens is 348 g/mol. The summed E-state index contributed by atoms with van der Waals surface area (Å²) in [5.41, 5.74) is 2.30. The van der Waals surface area contributed by atoms with Gasteiger partial charge in [-0.25, -0.2) is 4.98 Å². The largest absolute Gasteiger partial charge is 0.298 e. The highest BCUT2D eigenvalue weighted by molar-refractivity contribution is 7.83. The van der Waals surface area contributed by atoms with E-state index in [0.29, 0.717) is 16.4 Å². The second-order valence-corrected chi connectivity index (χ2v) is 8.13. The van der Waals surface area contributed by atoms with Crippen LogP contribution in [0.1, 0.15) is 15.9 Å². The third-order valence-corrected chi connectivity index (χ3v) is 5.45. The van der Waals surface area contributed by atoms with E-state index in [4.69, 9.17) is 0 Å². The molecule has 1 aromatic carbocycles. The summed E-state index contributed by atoms with van der Waals surface area (Å²) < 4.78 is 11.3. The molecule has 0 aliphatic carbocycles. The van der Waals surface area contributed by atoms with E-state index >= 15 is 0 Å². The fourth-order valence-corrected chi connectivity index (χ4v) is 4.19. The minimum Gasteiger partial charge on any atom is -0.298 e. The number of hydrogen-bond donors (Lipinski definition) is 1. The second kappa shape index (κ2) is 7.16.